The molecule has 0 aromatic rings. The maximum Gasteiger partial charge on any atom is 0.460 e. The first-order chi connectivity index (χ1) is 15.0. The van der Waals surface area contributed by atoms with E-state index in [1.54, 1.807) is 0 Å². The number of halogens is 24. The monoisotopic (exact) mass is 604 g/mol. The van der Waals surface area contributed by atoms with Gasteiger partial charge in [-0.2, -0.15) is 101 Å². The Balaban J connectivity index is 7.79. The van der Waals surface area contributed by atoms with Crippen LogP contribution in [0.15, 0.2) is 0 Å². The van der Waals surface area contributed by atoms with Gasteiger partial charge in [-0.3, -0.25) is 4.74 Å². The van der Waals surface area contributed by atoms with Gasteiger partial charge in [-0.25, -0.2) is 4.39 Å². The SMILES string of the molecule is FC(F)(F)C(F)(F)C(F)(F)C(OC(F)(F)C(F)(F)C(F)(C(F)(F)F)C(F)(F)F)(C(F)(F)F)C(F)(F)F. The van der Waals surface area contributed by atoms with Gasteiger partial charge in [0.1, 0.15) is 0 Å². The van der Waals surface area contributed by atoms with Gasteiger partial charge in [0.25, 0.3) is 0 Å². The van der Waals surface area contributed by atoms with Crippen molar-refractivity contribution in [1.29, 1.82) is 0 Å². The topological polar surface area (TPSA) is 9.23 Å². The molecule has 0 unspecified atom stereocenters. The van der Waals surface area contributed by atoms with Crippen LogP contribution >= 0.6 is 0 Å². The second kappa shape index (κ2) is 8.14. The lowest BCUT2D eigenvalue weighted by Gasteiger charge is -2.47. The second-order valence-electron chi connectivity index (χ2n) is 6.17. The maximum absolute atomic E-state index is 13.5. The number of ether oxygens (including phenoxy) is 1. The molecule has 25 heteroatoms. The molecular formula is C11F24O. The van der Waals surface area contributed by atoms with Gasteiger partial charge in [0.05, 0.1) is 0 Å². The largest absolute Gasteiger partial charge is 0.460 e. The van der Waals surface area contributed by atoms with Crippen molar-refractivity contribution in [2.45, 2.75) is 66.0 Å². The second-order valence-corrected chi connectivity index (χ2v) is 6.17. The number of hydrogen-bond donors (Lipinski definition) is 0. The van der Waals surface area contributed by atoms with Gasteiger partial charge in [-0.05, 0) is 0 Å². The summed E-state index contributed by atoms with van der Waals surface area (Å²) in [6, 6.07) is 0. The fourth-order valence-electron chi connectivity index (χ4n) is 2.07. The Morgan fingerprint density at radius 2 is 0.556 bits per heavy atom. The first-order valence-electron chi connectivity index (χ1n) is 7.19. The van der Waals surface area contributed by atoms with Gasteiger partial charge in [-0.1, -0.05) is 0 Å². The molecule has 0 heterocycles. The summed E-state index contributed by atoms with van der Waals surface area (Å²) >= 11 is 0. The zero-order valence-corrected chi connectivity index (χ0v) is 15.0. The molecule has 0 aromatic carbocycles. The fraction of sp³-hybridized carbons (Fsp3) is 1.00. The molecule has 0 N–H and O–H groups in total. The van der Waals surface area contributed by atoms with E-state index in [-0.39, 0.29) is 0 Å². The Kier molecular flexibility index (Phi) is 7.75. The Labute approximate surface area is 177 Å². The summed E-state index contributed by atoms with van der Waals surface area (Å²) in [6.07, 6.45) is -52.5. The van der Waals surface area contributed by atoms with Gasteiger partial charge < -0.3 is 0 Å². The zero-order valence-electron chi connectivity index (χ0n) is 15.0. The van der Waals surface area contributed by atoms with E-state index in [1.165, 1.54) is 0 Å². The van der Waals surface area contributed by atoms with Crippen LogP contribution in [-0.2, 0) is 4.74 Å². The molecule has 0 saturated carbocycles. The van der Waals surface area contributed by atoms with E-state index in [1.807, 2.05) is 0 Å². The van der Waals surface area contributed by atoms with E-state index in [2.05, 4.69) is 0 Å². The highest BCUT2D eigenvalue weighted by molar-refractivity contribution is 5.16. The smallest absolute Gasteiger partial charge is 0.285 e. The van der Waals surface area contributed by atoms with E-state index in [0.717, 1.165) is 0 Å². The molecule has 0 aromatic heterocycles. The standard InChI is InChI=1S/C11F24O/c12-1(6(19,20)21,7(22,23)24)3(13,14)11(34,35)36-2(8(25,26)27,9(28,29)30)4(15,16)5(17,18)10(31,32)33. The van der Waals surface area contributed by atoms with Crippen LogP contribution in [0.3, 0.4) is 0 Å². The molecule has 0 amide bonds. The minimum absolute atomic E-state index is 0.699. The summed E-state index contributed by atoms with van der Waals surface area (Å²) in [4.78, 5) is 0. The van der Waals surface area contributed by atoms with Crippen molar-refractivity contribution >= 4 is 0 Å². The number of alkyl halides is 24. The summed E-state index contributed by atoms with van der Waals surface area (Å²) in [5.41, 5.74) is -18.3. The van der Waals surface area contributed by atoms with E-state index in [4.69, 9.17) is 0 Å². The molecule has 1 nitrogen and oxygen atoms in total. The summed E-state index contributed by atoms with van der Waals surface area (Å²) in [5.74, 6) is -27.5. The number of hydrogen-bond acceptors (Lipinski definition) is 1. The average molecular weight is 604 g/mol. The van der Waals surface area contributed by atoms with Crippen molar-refractivity contribution in [3.8, 4) is 0 Å². The Bertz CT molecular complexity index is 755. The molecule has 0 bridgehead atoms. The lowest BCUT2D eigenvalue weighted by molar-refractivity contribution is -0.543. The molecule has 218 valence electrons. The highest BCUT2D eigenvalue weighted by Gasteiger charge is 2.98. The fourth-order valence-corrected chi connectivity index (χ4v) is 2.07. The molecule has 0 aliphatic carbocycles. The molecular weight excluding hydrogens is 604 g/mol. The van der Waals surface area contributed by atoms with Crippen LogP contribution in [0, 0.1) is 0 Å². The van der Waals surface area contributed by atoms with Crippen molar-refractivity contribution < 1.29 is 110 Å². The van der Waals surface area contributed by atoms with Crippen LogP contribution in [0.5, 0.6) is 0 Å². The third-order valence-corrected chi connectivity index (χ3v) is 3.85. The first-order valence-corrected chi connectivity index (χ1v) is 7.19. The van der Waals surface area contributed by atoms with Crippen LogP contribution < -0.4 is 0 Å². The summed E-state index contributed by atoms with van der Waals surface area (Å²) < 4.78 is 308. The summed E-state index contributed by atoms with van der Waals surface area (Å²) in [5, 5.41) is 0. The third-order valence-electron chi connectivity index (χ3n) is 3.85. The predicted molar refractivity (Wildman–Crippen MR) is 57.7 cm³/mol. The van der Waals surface area contributed by atoms with Gasteiger partial charge in [0, 0.05) is 0 Å². The Hall–Kier alpha value is -1.72. The van der Waals surface area contributed by atoms with E-state index in [9.17, 15) is 105 Å². The highest BCUT2D eigenvalue weighted by Crippen LogP contribution is 2.66. The zero-order chi connectivity index (χ0) is 30.2. The molecule has 36 heavy (non-hydrogen) atoms. The highest BCUT2D eigenvalue weighted by atomic mass is 19.5. The summed E-state index contributed by atoms with van der Waals surface area (Å²) in [6.45, 7) is 0. The normalized spacial score (nSPS) is 17.0. The van der Waals surface area contributed by atoms with Gasteiger partial charge in [0.15, 0.2) is 0 Å². The van der Waals surface area contributed by atoms with Crippen molar-refractivity contribution in [2.75, 3.05) is 0 Å². The molecule has 0 radical (unpaired) electrons. The molecule has 0 saturated heterocycles. The molecule has 0 atom stereocenters. The van der Waals surface area contributed by atoms with Crippen molar-refractivity contribution in [3.63, 3.8) is 0 Å². The van der Waals surface area contributed by atoms with Crippen molar-refractivity contribution in [3.05, 3.63) is 0 Å². The van der Waals surface area contributed by atoms with E-state index < -0.39 is 66.0 Å². The van der Waals surface area contributed by atoms with Crippen LogP contribution in [0.4, 0.5) is 105 Å². The van der Waals surface area contributed by atoms with Crippen LogP contribution in [0.1, 0.15) is 0 Å². The van der Waals surface area contributed by atoms with Crippen molar-refractivity contribution in [2.24, 2.45) is 0 Å². The Morgan fingerprint density at radius 1 is 0.278 bits per heavy atom. The van der Waals surface area contributed by atoms with Crippen LogP contribution in [0.2, 0.25) is 0 Å². The lowest BCUT2D eigenvalue weighted by atomic mass is 9.87. The van der Waals surface area contributed by atoms with E-state index >= 15 is 0 Å². The quantitative estimate of drug-likeness (QED) is 0.282. The molecule has 0 aliphatic rings. The van der Waals surface area contributed by atoms with Crippen LogP contribution in [-0.4, -0.2) is 66.0 Å². The van der Waals surface area contributed by atoms with Gasteiger partial charge in [-0.15, -0.1) is 0 Å². The molecule has 0 rings (SSSR count). The minimum atomic E-state index is -9.36. The molecule has 0 aliphatic heterocycles. The third kappa shape index (κ3) is 4.34. The average Bonchev–Trinajstić information content (AvgIpc) is 2.52. The Morgan fingerprint density at radius 3 is 0.750 bits per heavy atom. The van der Waals surface area contributed by atoms with Crippen LogP contribution in [0.25, 0.3) is 0 Å². The van der Waals surface area contributed by atoms with Gasteiger partial charge >= 0.3 is 66.0 Å². The van der Waals surface area contributed by atoms with Crippen molar-refractivity contribution in [1.82, 2.24) is 0 Å². The first kappa shape index (κ1) is 34.3. The minimum Gasteiger partial charge on any atom is -0.285 e. The lowest BCUT2D eigenvalue weighted by Crippen LogP contribution is -2.79. The molecule has 0 spiro atoms. The maximum atomic E-state index is 13.5. The molecule has 0 fully saturated rings. The number of rotatable bonds is 6. The van der Waals surface area contributed by atoms with Gasteiger partial charge in [0.2, 0.25) is 0 Å². The van der Waals surface area contributed by atoms with E-state index in [0.29, 0.717) is 4.74 Å². The predicted octanol–water partition coefficient (Wildman–Crippen LogP) is 7.76. The summed E-state index contributed by atoms with van der Waals surface area (Å²) in [7, 11) is 0.